The Balaban J connectivity index is 1.94. The van der Waals surface area contributed by atoms with Gasteiger partial charge in [0.2, 0.25) is 5.91 Å². The molecule has 0 aliphatic carbocycles. The van der Waals surface area contributed by atoms with Crippen LogP contribution >= 0.6 is 0 Å². The molecule has 6 nitrogen and oxygen atoms in total. The second-order valence-electron chi connectivity index (χ2n) is 5.00. The highest BCUT2D eigenvalue weighted by atomic mass is 16.5. The van der Waals surface area contributed by atoms with Gasteiger partial charge in [0, 0.05) is 17.4 Å². The van der Waals surface area contributed by atoms with Crippen molar-refractivity contribution in [2.75, 3.05) is 17.2 Å². The van der Waals surface area contributed by atoms with Crippen LogP contribution < -0.4 is 21.1 Å². The molecular weight excluding hydrogens is 294 g/mol. The molecule has 0 aromatic heterocycles. The minimum Gasteiger partial charge on any atom is -0.484 e. The van der Waals surface area contributed by atoms with E-state index in [9.17, 15) is 9.59 Å². The lowest BCUT2D eigenvalue weighted by Gasteiger charge is -2.16. The lowest BCUT2D eigenvalue weighted by atomic mass is 10.2. The monoisotopic (exact) mass is 313 g/mol. The standard InChI is InChI=1S/C17H19N3O3/c1-12(17(22)20-13-6-3-2-4-7-13)19-14-8-5-9-15(10-14)23-11-16(18)21/h2-10,12,19H,11H2,1H3,(H2,18,21)(H,20,22). The van der Waals surface area contributed by atoms with E-state index in [0.717, 1.165) is 5.69 Å². The van der Waals surface area contributed by atoms with Crippen molar-refractivity contribution >= 4 is 23.2 Å². The largest absolute Gasteiger partial charge is 0.484 e. The van der Waals surface area contributed by atoms with E-state index in [1.54, 1.807) is 25.1 Å². The van der Waals surface area contributed by atoms with Gasteiger partial charge in [-0.2, -0.15) is 0 Å². The highest BCUT2D eigenvalue weighted by Crippen LogP contribution is 2.18. The molecule has 2 amide bonds. The number of nitrogens with one attached hydrogen (secondary N) is 2. The summed E-state index contributed by atoms with van der Waals surface area (Å²) in [6.45, 7) is 1.57. The van der Waals surface area contributed by atoms with Gasteiger partial charge in [-0.3, -0.25) is 9.59 Å². The van der Waals surface area contributed by atoms with Crippen molar-refractivity contribution in [1.82, 2.24) is 0 Å². The molecule has 6 heteroatoms. The molecule has 0 fully saturated rings. The third-order valence-corrected chi connectivity index (χ3v) is 3.03. The molecule has 0 bridgehead atoms. The Morgan fingerprint density at radius 1 is 1.09 bits per heavy atom. The zero-order valence-corrected chi connectivity index (χ0v) is 12.8. The van der Waals surface area contributed by atoms with Gasteiger partial charge in [-0.1, -0.05) is 24.3 Å². The summed E-state index contributed by atoms with van der Waals surface area (Å²) in [7, 11) is 0. The number of ether oxygens (including phenoxy) is 1. The maximum absolute atomic E-state index is 12.2. The number of carbonyl (C=O) groups excluding carboxylic acids is 2. The third-order valence-electron chi connectivity index (χ3n) is 3.03. The van der Waals surface area contributed by atoms with Crippen LogP contribution in [0.5, 0.6) is 5.75 Å². The molecular formula is C17H19N3O3. The summed E-state index contributed by atoms with van der Waals surface area (Å²) < 4.78 is 5.23. The van der Waals surface area contributed by atoms with Crippen LogP contribution in [0.4, 0.5) is 11.4 Å². The summed E-state index contributed by atoms with van der Waals surface area (Å²) in [5.74, 6) is -0.192. The highest BCUT2D eigenvalue weighted by molar-refractivity contribution is 5.96. The van der Waals surface area contributed by atoms with Gasteiger partial charge in [-0.15, -0.1) is 0 Å². The minimum atomic E-state index is -0.543. The van der Waals surface area contributed by atoms with Crippen molar-refractivity contribution in [2.24, 2.45) is 5.73 Å². The van der Waals surface area contributed by atoms with E-state index in [2.05, 4.69) is 10.6 Å². The van der Waals surface area contributed by atoms with Crippen molar-refractivity contribution in [2.45, 2.75) is 13.0 Å². The summed E-state index contributed by atoms with van der Waals surface area (Å²) in [6, 6.07) is 15.8. The molecule has 23 heavy (non-hydrogen) atoms. The number of nitrogens with two attached hydrogens (primary N) is 1. The van der Waals surface area contributed by atoms with Crippen molar-refractivity contribution in [1.29, 1.82) is 0 Å². The zero-order chi connectivity index (χ0) is 16.7. The van der Waals surface area contributed by atoms with E-state index in [4.69, 9.17) is 10.5 Å². The SMILES string of the molecule is CC(Nc1cccc(OCC(N)=O)c1)C(=O)Nc1ccccc1. The second-order valence-corrected chi connectivity index (χ2v) is 5.00. The van der Waals surface area contributed by atoms with Crippen LogP contribution in [0.2, 0.25) is 0 Å². The Kier molecular flexibility index (Phi) is 5.57. The molecule has 0 aliphatic heterocycles. The van der Waals surface area contributed by atoms with Gasteiger partial charge in [0.1, 0.15) is 11.8 Å². The predicted octanol–water partition coefficient (Wildman–Crippen LogP) is 1.99. The predicted molar refractivity (Wildman–Crippen MR) is 89.3 cm³/mol. The smallest absolute Gasteiger partial charge is 0.255 e. The zero-order valence-electron chi connectivity index (χ0n) is 12.8. The Hall–Kier alpha value is -3.02. The summed E-state index contributed by atoms with van der Waals surface area (Å²) in [4.78, 5) is 22.9. The normalized spacial score (nSPS) is 11.3. The molecule has 2 aromatic carbocycles. The van der Waals surface area contributed by atoms with Crippen molar-refractivity contribution in [3.8, 4) is 5.75 Å². The second kappa shape index (κ2) is 7.84. The first-order valence-corrected chi connectivity index (χ1v) is 7.18. The number of hydrogen-bond donors (Lipinski definition) is 3. The average Bonchev–Trinajstić information content (AvgIpc) is 2.54. The first-order valence-electron chi connectivity index (χ1n) is 7.18. The molecule has 0 spiro atoms. The fourth-order valence-electron chi connectivity index (χ4n) is 1.92. The Labute approximate surface area is 134 Å². The van der Waals surface area contributed by atoms with Gasteiger partial charge in [0.15, 0.2) is 6.61 Å². The number of rotatable bonds is 7. The fourth-order valence-corrected chi connectivity index (χ4v) is 1.92. The van der Waals surface area contributed by atoms with Crippen LogP contribution in [0.3, 0.4) is 0 Å². The van der Waals surface area contributed by atoms with E-state index >= 15 is 0 Å². The molecule has 2 aromatic rings. The molecule has 0 saturated carbocycles. The Bertz CT molecular complexity index is 674. The van der Waals surface area contributed by atoms with Crippen LogP contribution in [0.25, 0.3) is 0 Å². The first kappa shape index (κ1) is 16.4. The summed E-state index contributed by atoms with van der Waals surface area (Å²) in [6.07, 6.45) is 0. The highest BCUT2D eigenvalue weighted by Gasteiger charge is 2.13. The van der Waals surface area contributed by atoms with Gasteiger partial charge < -0.3 is 21.1 Å². The van der Waals surface area contributed by atoms with Gasteiger partial charge in [0.25, 0.3) is 5.91 Å². The van der Waals surface area contributed by atoms with Crippen molar-refractivity contribution in [3.05, 3.63) is 54.6 Å². The maximum atomic E-state index is 12.2. The van der Waals surface area contributed by atoms with E-state index in [0.29, 0.717) is 11.4 Å². The fraction of sp³-hybridized carbons (Fsp3) is 0.176. The molecule has 4 N–H and O–H groups in total. The molecule has 0 saturated heterocycles. The molecule has 120 valence electrons. The number of anilines is 2. The van der Waals surface area contributed by atoms with E-state index < -0.39 is 11.9 Å². The number of benzene rings is 2. The number of hydrogen-bond acceptors (Lipinski definition) is 4. The summed E-state index contributed by atoms with van der Waals surface area (Å²) >= 11 is 0. The van der Waals surface area contributed by atoms with E-state index in [-0.39, 0.29) is 12.5 Å². The van der Waals surface area contributed by atoms with E-state index in [1.165, 1.54) is 0 Å². The van der Waals surface area contributed by atoms with Gasteiger partial charge >= 0.3 is 0 Å². The maximum Gasteiger partial charge on any atom is 0.255 e. The number of para-hydroxylation sites is 1. The number of carbonyl (C=O) groups is 2. The molecule has 1 unspecified atom stereocenters. The number of primary amides is 1. The van der Waals surface area contributed by atoms with Gasteiger partial charge in [-0.05, 0) is 31.2 Å². The van der Waals surface area contributed by atoms with Crippen molar-refractivity contribution in [3.63, 3.8) is 0 Å². The van der Waals surface area contributed by atoms with Crippen LogP contribution in [0.1, 0.15) is 6.92 Å². The lowest BCUT2D eigenvalue weighted by molar-refractivity contribution is -0.120. The molecule has 0 radical (unpaired) electrons. The third kappa shape index (κ3) is 5.35. The minimum absolute atomic E-state index is 0.153. The van der Waals surface area contributed by atoms with Crippen LogP contribution in [0, 0.1) is 0 Å². The average molecular weight is 313 g/mol. The Morgan fingerprint density at radius 3 is 2.48 bits per heavy atom. The van der Waals surface area contributed by atoms with Gasteiger partial charge in [-0.25, -0.2) is 0 Å². The molecule has 2 rings (SSSR count). The Morgan fingerprint density at radius 2 is 1.78 bits per heavy atom. The molecule has 0 heterocycles. The number of amides is 2. The molecule has 1 atom stereocenters. The van der Waals surface area contributed by atoms with E-state index in [1.807, 2.05) is 36.4 Å². The lowest BCUT2D eigenvalue weighted by Crippen LogP contribution is -2.31. The van der Waals surface area contributed by atoms with Crippen molar-refractivity contribution < 1.29 is 14.3 Å². The van der Waals surface area contributed by atoms with Crippen LogP contribution in [0.15, 0.2) is 54.6 Å². The molecule has 0 aliphatic rings. The van der Waals surface area contributed by atoms with Gasteiger partial charge in [0.05, 0.1) is 0 Å². The summed E-state index contributed by atoms with van der Waals surface area (Å²) in [5, 5.41) is 5.90. The van der Waals surface area contributed by atoms with Crippen LogP contribution in [-0.2, 0) is 9.59 Å². The van der Waals surface area contributed by atoms with Crippen LogP contribution in [-0.4, -0.2) is 24.5 Å². The summed E-state index contributed by atoms with van der Waals surface area (Å²) in [5.41, 5.74) is 6.49. The quantitative estimate of drug-likeness (QED) is 0.728. The first-order chi connectivity index (χ1) is 11.0. The topological polar surface area (TPSA) is 93.4 Å².